The normalized spacial score (nSPS) is 14.1. The minimum Gasteiger partial charge on any atom is -0.274 e. The topological polar surface area (TPSA) is 50.3 Å². The number of amides is 2. The van der Waals surface area contributed by atoms with Gasteiger partial charge in [-0.2, -0.15) is 0 Å². The largest absolute Gasteiger partial charge is 0.274 e. The predicted molar refractivity (Wildman–Crippen MR) is 75.3 cm³/mol. The Morgan fingerprint density at radius 3 is 2.32 bits per heavy atom. The summed E-state index contributed by atoms with van der Waals surface area (Å²) in [5.74, 6) is -0.409. The molecule has 1 aliphatic heterocycles. The first-order valence-electron chi connectivity index (χ1n) is 5.72. The van der Waals surface area contributed by atoms with Crippen molar-refractivity contribution in [3.8, 4) is 0 Å². The van der Waals surface area contributed by atoms with Crippen LogP contribution in [0.5, 0.6) is 0 Å². The zero-order chi connectivity index (χ0) is 13.4. The van der Waals surface area contributed by atoms with Crippen LogP contribution in [-0.4, -0.2) is 28.2 Å². The van der Waals surface area contributed by atoms with Crippen LogP contribution >= 0.6 is 27.3 Å². The van der Waals surface area contributed by atoms with Gasteiger partial charge in [-0.3, -0.25) is 14.5 Å². The van der Waals surface area contributed by atoms with Crippen molar-refractivity contribution in [3.05, 3.63) is 50.4 Å². The highest BCUT2D eigenvalue weighted by atomic mass is 79.9. The third kappa shape index (κ3) is 2.21. The van der Waals surface area contributed by atoms with Gasteiger partial charge in [-0.1, -0.05) is 12.1 Å². The molecule has 0 unspecified atom stereocenters. The van der Waals surface area contributed by atoms with E-state index in [2.05, 4.69) is 20.9 Å². The van der Waals surface area contributed by atoms with Gasteiger partial charge >= 0.3 is 0 Å². The molecular formula is C13H9BrN2O2S. The second kappa shape index (κ2) is 4.86. The number of carbonyl (C=O) groups excluding carboxylic acids is 2. The Morgan fingerprint density at radius 2 is 1.79 bits per heavy atom. The molecule has 0 aliphatic carbocycles. The van der Waals surface area contributed by atoms with Crippen molar-refractivity contribution >= 4 is 39.1 Å². The average molecular weight is 337 g/mol. The number of hydrogen-bond acceptors (Lipinski definition) is 4. The summed E-state index contributed by atoms with van der Waals surface area (Å²) in [7, 11) is 0. The van der Waals surface area contributed by atoms with Crippen molar-refractivity contribution in [2.75, 3.05) is 6.54 Å². The van der Waals surface area contributed by atoms with Crippen LogP contribution < -0.4 is 0 Å². The highest BCUT2D eigenvalue weighted by molar-refractivity contribution is 9.11. The molecule has 19 heavy (non-hydrogen) atoms. The number of rotatable bonds is 3. The number of thiazole rings is 1. The molecule has 0 saturated heterocycles. The Balaban J connectivity index is 1.77. The fourth-order valence-electron chi connectivity index (χ4n) is 2.06. The van der Waals surface area contributed by atoms with Crippen molar-refractivity contribution < 1.29 is 9.59 Å². The molecule has 1 aliphatic rings. The molecule has 1 aromatic carbocycles. The molecule has 1 aromatic heterocycles. The maximum Gasteiger partial charge on any atom is 0.261 e. The summed E-state index contributed by atoms with van der Waals surface area (Å²) in [5.41, 5.74) is 0.996. The van der Waals surface area contributed by atoms with E-state index < -0.39 is 0 Å². The molecule has 0 spiro atoms. The van der Waals surface area contributed by atoms with Crippen LogP contribution in [0.2, 0.25) is 0 Å². The highest BCUT2D eigenvalue weighted by Crippen LogP contribution is 2.24. The van der Waals surface area contributed by atoms with E-state index in [0.29, 0.717) is 24.1 Å². The number of fused-ring (bicyclic) bond motifs is 1. The monoisotopic (exact) mass is 336 g/mol. The van der Waals surface area contributed by atoms with E-state index in [1.54, 1.807) is 30.5 Å². The van der Waals surface area contributed by atoms with Gasteiger partial charge in [0.1, 0.15) is 0 Å². The lowest BCUT2D eigenvalue weighted by Crippen LogP contribution is -2.31. The fraction of sp³-hybridized carbons (Fsp3) is 0.154. The number of hydrogen-bond donors (Lipinski definition) is 0. The molecule has 2 aromatic rings. The van der Waals surface area contributed by atoms with Gasteiger partial charge in [-0.15, -0.1) is 11.3 Å². The molecule has 96 valence electrons. The lowest BCUT2D eigenvalue weighted by Gasteiger charge is -2.12. The first-order chi connectivity index (χ1) is 9.16. The van der Waals surface area contributed by atoms with Crippen LogP contribution in [0.15, 0.2) is 34.4 Å². The zero-order valence-electron chi connectivity index (χ0n) is 9.80. The Labute approximate surface area is 122 Å². The van der Waals surface area contributed by atoms with E-state index in [4.69, 9.17) is 0 Å². The average Bonchev–Trinajstić information content (AvgIpc) is 2.93. The quantitative estimate of drug-likeness (QED) is 0.810. The molecular weight excluding hydrogens is 328 g/mol. The molecule has 0 atom stereocenters. The Bertz CT molecular complexity index is 633. The smallest absolute Gasteiger partial charge is 0.261 e. The van der Waals surface area contributed by atoms with Crippen molar-refractivity contribution in [3.63, 3.8) is 0 Å². The summed E-state index contributed by atoms with van der Waals surface area (Å²) in [5, 5.41) is 0. The number of aromatic nitrogens is 1. The van der Waals surface area contributed by atoms with Gasteiger partial charge in [0.25, 0.3) is 11.8 Å². The summed E-state index contributed by atoms with van der Waals surface area (Å²) < 4.78 is 0.810. The summed E-state index contributed by atoms with van der Waals surface area (Å²) in [4.78, 5) is 30.7. The Kier molecular flexibility index (Phi) is 3.20. The number of nitrogens with zero attached hydrogens (tertiary/aromatic N) is 2. The van der Waals surface area contributed by atoms with E-state index in [9.17, 15) is 9.59 Å². The lowest BCUT2D eigenvalue weighted by molar-refractivity contribution is 0.0656. The van der Waals surface area contributed by atoms with Gasteiger partial charge in [0, 0.05) is 24.0 Å². The van der Waals surface area contributed by atoms with Crippen LogP contribution in [0.25, 0.3) is 0 Å². The van der Waals surface area contributed by atoms with Gasteiger partial charge in [-0.05, 0) is 28.1 Å². The zero-order valence-corrected chi connectivity index (χ0v) is 12.2. The lowest BCUT2D eigenvalue weighted by atomic mass is 10.1. The summed E-state index contributed by atoms with van der Waals surface area (Å²) in [6.07, 6.45) is 2.39. The second-order valence-electron chi connectivity index (χ2n) is 4.14. The van der Waals surface area contributed by atoms with E-state index in [0.717, 1.165) is 8.79 Å². The maximum atomic E-state index is 12.1. The molecule has 0 N–H and O–H groups in total. The van der Waals surface area contributed by atoms with Crippen LogP contribution in [0.4, 0.5) is 0 Å². The predicted octanol–water partition coefficient (Wildman–Crippen LogP) is 2.74. The van der Waals surface area contributed by atoms with Gasteiger partial charge in [0.05, 0.1) is 11.1 Å². The van der Waals surface area contributed by atoms with Gasteiger partial charge in [0.15, 0.2) is 3.92 Å². The van der Waals surface area contributed by atoms with Crippen molar-refractivity contribution in [1.82, 2.24) is 9.88 Å². The van der Waals surface area contributed by atoms with Crippen molar-refractivity contribution in [2.45, 2.75) is 6.42 Å². The molecule has 0 fully saturated rings. The summed E-state index contributed by atoms with van der Waals surface area (Å²) >= 11 is 4.81. The summed E-state index contributed by atoms with van der Waals surface area (Å²) in [6, 6.07) is 6.93. The molecule has 6 heteroatoms. The van der Waals surface area contributed by atoms with Crippen molar-refractivity contribution in [1.29, 1.82) is 0 Å². The SMILES string of the molecule is O=C1c2ccccc2C(=O)N1CCc1cnc(Br)s1. The molecule has 3 rings (SSSR count). The minimum absolute atomic E-state index is 0.204. The fourth-order valence-corrected chi connectivity index (χ4v) is 3.41. The van der Waals surface area contributed by atoms with E-state index in [1.807, 2.05) is 0 Å². The summed E-state index contributed by atoms with van der Waals surface area (Å²) in [6.45, 7) is 0.390. The number of benzene rings is 1. The first kappa shape index (κ1) is 12.5. The van der Waals surface area contributed by atoms with Crippen molar-refractivity contribution in [2.24, 2.45) is 0 Å². The molecule has 2 amide bonds. The van der Waals surface area contributed by atoms with E-state index in [-0.39, 0.29) is 11.8 Å². The van der Waals surface area contributed by atoms with Crippen LogP contribution in [-0.2, 0) is 6.42 Å². The molecule has 4 nitrogen and oxygen atoms in total. The van der Waals surface area contributed by atoms with E-state index >= 15 is 0 Å². The number of carbonyl (C=O) groups is 2. The molecule has 0 radical (unpaired) electrons. The maximum absolute atomic E-state index is 12.1. The third-order valence-corrected chi connectivity index (χ3v) is 4.52. The second-order valence-corrected chi connectivity index (χ2v) is 6.53. The Hall–Kier alpha value is -1.53. The minimum atomic E-state index is -0.204. The van der Waals surface area contributed by atoms with Gasteiger partial charge in [-0.25, -0.2) is 4.98 Å². The van der Waals surface area contributed by atoms with Crippen LogP contribution in [0.3, 0.4) is 0 Å². The van der Waals surface area contributed by atoms with Crippen LogP contribution in [0.1, 0.15) is 25.6 Å². The number of halogens is 1. The third-order valence-electron chi connectivity index (χ3n) is 2.99. The molecule has 0 bridgehead atoms. The van der Waals surface area contributed by atoms with Crippen LogP contribution in [0, 0.1) is 0 Å². The van der Waals surface area contributed by atoms with Gasteiger partial charge < -0.3 is 0 Å². The molecule has 0 saturated carbocycles. The first-order valence-corrected chi connectivity index (χ1v) is 7.33. The van der Waals surface area contributed by atoms with Gasteiger partial charge in [0.2, 0.25) is 0 Å². The van der Waals surface area contributed by atoms with E-state index in [1.165, 1.54) is 16.2 Å². The Morgan fingerprint density at radius 1 is 1.16 bits per heavy atom. The standard InChI is InChI=1S/C13H9BrN2O2S/c14-13-15-7-8(19-13)5-6-16-11(17)9-3-1-2-4-10(9)12(16)18/h1-4,7H,5-6H2. The highest BCUT2D eigenvalue weighted by Gasteiger charge is 2.34. The number of imide groups is 1. The molecule has 2 heterocycles.